The van der Waals surface area contributed by atoms with Crippen LogP contribution < -0.4 is 0 Å². The first-order chi connectivity index (χ1) is 18.3. The Hall–Kier alpha value is -2.64. The summed E-state index contributed by atoms with van der Waals surface area (Å²) in [6.45, 7) is 4.97. The van der Waals surface area contributed by atoms with Crippen molar-refractivity contribution in [1.82, 2.24) is 9.80 Å². The van der Waals surface area contributed by atoms with E-state index in [4.69, 9.17) is 4.74 Å². The van der Waals surface area contributed by atoms with E-state index in [1.807, 2.05) is 0 Å². The molecule has 2 fully saturated rings. The first-order valence-corrected chi connectivity index (χ1v) is 12.8. The van der Waals surface area contributed by atoms with E-state index in [9.17, 15) is 44.7 Å². The molecule has 14 heteroatoms. The topological polar surface area (TPSA) is 59.1 Å². The highest BCUT2D eigenvalue weighted by Crippen LogP contribution is 2.45. The standard InChI is InChI=1S/C26H32F8N2O4/c1-23(2,3)40-21(37)24(8-4-5-9-24)18-14-16(19(27)28)6-7-17(18)15-35-10-12-36(13-11-35)22(38)39-20(25(29,30)31)26(32,33)34/h6-7,14,19-20H,4-5,8-13,15H2,1-3H3. The van der Waals surface area contributed by atoms with Gasteiger partial charge in [0.05, 0.1) is 5.41 Å². The van der Waals surface area contributed by atoms with Gasteiger partial charge < -0.3 is 14.4 Å². The van der Waals surface area contributed by atoms with Crippen molar-refractivity contribution in [2.45, 2.75) is 88.9 Å². The Morgan fingerprint density at radius 1 is 0.925 bits per heavy atom. The smallest absolute Gasteiger partial charge is 0.434 e. The lowest BCUT2D eigenvalue weighted by molar-refractivity contribution is -0.308. The van der Waals surface area contributed by atoms with Crippen molar-refractivity contribution in [3.63, 3.8) is 0 Å². The maximum absolute atomic E-state index is 13.7. The van der Waals surface area contributed by atoms with E-state index in [0.717, 1.165) is 4.90 Å². The SMILES string of the molecule is CC(C)(C)OC(=O)C1(c2cc(C(F)F)ccc2CN2CCN(C(=O)OC(C(F)(F)F)C(F)(F)F)CC2)CCCC1. The number of ether oxygens (including phenoxy) is 2. The fourth-order valence-corrected chi connectivity index (χ4v) is 5.07. The molecule has 40 heavy (non-hydrogen) atoms. The minimum Gasteiger partial charge on any atom is -0.459 e. The molecular formula is C26H32F8N2O4. The van der Waals surface area contributed by atoms with Gasteiger partial charge in [0.15, 0.2) is 0 Å². The molecule has 0 atom stereocenters. The van der Waals surface area contributed by atoms with E-state index in [0.29, 0.717) is 36.8 Å². The molecule has 1 amide bonds. The highest BCUT2D eigenvalue weighted by atomic mass is 19.4. The average molecular weight is 589 g/mol. The maximum Gasteiger partial charge on any atom is 0.434 e. The van der Waals surface area contributed by atoms with Crippen molar-refractivity contribution >= 4 is 12.1 Å². The normalized spacial score (nSPS) is 18.9. The molecule has 2 aliphatic rings. The van der Waals surface area contributed by atoms with E-state index < -0.39 is 48.0 Å². The third-order valence-electron chi connectivity index (χ3n) is 6.99. The largest absolute Gasteiger partial charge is 0.459 e. The van der Waals surface area contributed by atoms with Crippen LogP contribution in [-0.4, -0.2) is 72.1 Å². The number of esters is 1. The lowest BCUT2D eigenvalue weighted by atomic mass is 9.75. The van der Waals surface area contributed by atoms with Gasteiger partial charge in [-0.1, -0.05) is 25.0 Å². The number of benzene rings is 1. The summed E-state index contributed by atoms with van der Waals surface area (Å²) in [5.74, 6) is -0.512. The summed E-state index contributed by atoms with van der Waals surface area (Å²) in [7, 11) is 0. The maximum atomic E-state index is 13.7. The van der Waals surface area contributed by atoms with Gasteiger partial charge in [0.2, 0.25) is 0 Å². The van der Waals surface area contributed by atoms with Gasteiger partial charge in [-0.2, -0.15) is 26.3 Å². The fourth-order valence-electron chi connectivity index (χ4n) is 5.07. The van der Waals surface area contributed by atoms with Crippen LogP contribution in [0.2, 0.25) is 0 Å². The summed E-state index contributed by atoms with van der Waals surface area (Å²) in [5, 5.41) is 0. The number of piperazine rings is 1. The van der Waals surface area contributed by atoms with Crippen molar-refractivity contribution in [3.8, 4) is 0 Å². The van der Waals surface area contributed by atoms with Gasteiger partial charge in [0.25, 0.3) is 12.5 Å². The second kappa shape index (κ2) is 11.7. The molecule has 3 rings (SSSR count). The molecule has 1 heterocycles. The van der Waals surface area contributed by atoms with Gasteiger partial charge in [-0.15, -0.1) is 0 Å². The molecule has 1 saturated heterocycles. The second-order valence-electron chi connectivity index (χ2n) is 11.1. The van der Waals surface area contributed by atoms with Crippen LogP contribution in [0.25, 0.3) is 0 Å². The van der Waals surface area contributed by atoms with Crippen molar-refractivity contribution in [1.29, 1.82) is 0 Å². The Morgan fingerprint density at radius 2 is 1.48 bits per heavy atom. The van der Waals surface area contributed by atoms with E-state index in [-0.39, 0.29) is 38.3 Å². The molecule has 1 aliphatic heterocycles. The van der Waals surface area contributed by atoms with Crippen LogP contribution in [-0.2, 0) is 26.2 Å². The van der Waals surface area contributed by atoms with E-state index in [2.05, 4.69) is 4.74 Å². The highest BCUT2D eigenvalue weighted by molar-refractivity contribution is 5.84. The Morgan fingerprint density at radius 3 is 1.95 bits per heavy atom. The zero-order chi connectivity index (χ0) is 30.1. The van der Waals surface area contributed by atoms with Gasteiger partial charge in [0, 0.05) is 38.3 Å². The number of alkyl halides is 8. The highest BCUT2D eigenvalue weighted by Gasteiger charge is 2.60. The summed E-state index contributed by atoms with van der Waals surface area (Å²) in [6.07, 6.45) is -18.2. The molecule has 0 unspecified atom stereocenters. The van der Waals surface area contributed by atoms with Crippen LogP contribution in [0.1, 0.15) is 69.6 Å². The summed E-state index contributed by atoms with van der Waals surface area (Å²) in [6, 6.07) is 4.07. The number of carbonyl (C=O) groups is 2. The van der Waals surface area contributed by atoms with Crippen LogP contribution in [0.3, 0.4) is 0 Å². The number of hydrogen-bond donors (Lipinski definition) is 0. The Balaban J connectivity index is 1.79. The van der Waals surface area contributed by atoms with Crippen LogP contribution in [0.5, 0.6) is 0 Å². The third-order valence-corrected chi connectivity index (χ3v) is 6.99. The number of rotatable bonds is 6. The Bertz CT molecular complexity index is 1040. The zero-order valence-corrected chi connectivity index (χ0v) is 22.3. The van der Waals surface area contributed by atoms with Gasteiger partial charge in [-0.25, -0.2) is 13.6 Å². The fraction of sp³-hybridized carbons (Fsp3) is 0.692. The summed E-state index contributed by atoms with van der Waals surface area (Å²) in [4.78, 5) is 28.0. The lowest BCUT2D eigenvalue weighted by Gasteiger charge is -2.37. The molecular weight excluding hydrogens is 556 g/mol. The predicted octanol–water partition coefficient (Wildman–Crippen LogP) is 6.53. The van der Waals surface area contributed by atoms with Crippen LogP contribution in [0.4, 0.5) is 39.9 Å². The number of hydrogen-bond acceptors (Lipinski definition) is 5. The Kier molecular flexibility index (Phi) is 9.32. The minimum atomic E-state index is -5.82. The van der Waals surface area contributed by atoms with Crippen LogP contribution in [0, 0.1) is 0 Å². The molecule has 226 valence electrons. The second-order valence-corrected chi connectivity index (χ2v) is 11.1. The molecule has 1 aromatic rings. The summed E-state index contributed by atoms with van der Waals surface area (Å²) in [5.41, 5.74) is -1.22. The number of amides is 1. The molecule has 0 aromatic heterocycles. The molecule has 1 aromatic carbocycles. The summed E-state index contributed by atoms with van der Waals surface area (Å²) >= 11 is 0. The van der Waals surface area contributed by atoms with Crippen molar-refractivity contribution < 1.29 is 54.2 Å². The number of nitrogens with zero attached hydrogens (tertiary/aromatic N) is 2. The first kappa shape index (κ1) is 31.9. The van der Waals surface area contributed by atoms with Crippen molar-refractivity contribution in [2.24, 2.45) is 0 Å². The third kappa shape index (κ3) is 7.55. The molecule has 0 spiro atoms. The van der Waals surface area contributed by atoms with E-state index >= 15 is 0 Å². The van der Waals surface area contributed by atoms with Crippen molar-refractivity contribution in [3.05, 3.63) is 34.9 Å². The Labute approximate surface area is 226 Å². The number of carbonyl (C=O) groups excluding carboxylic acids is 2. The van der Waals surface area contributed by atoms with E-state index in [1.54, 1.807) is 25.7 Å². The first-order valence-electron chi connectivity index (χ1n) is 12.8. The minimum absolute atomic E-state index is 0.0628. The molecule has 0 N–H and O–H groups in total. The van der Waals surface area contributed by atoms with Crippen molar-refractivity contribution in [2.75, 3.05) is 26.2 Å². The van der Waals surface area contributed by atoms with Gasteiger partial charge >= 0.3 is 24.4 Å². The molecule has 0 radical (unpaired) electrons. The monoisotopic (exact) mass is 588 g/mol. The molecule has 1 aliphatic carbocycles. The summed E-state index contributed by atoms with van der Waals surface area (Å²) < 4.78 is 113. The molecule has 1 saturated carbocycles. The van der Waals surface area contributed by atoms with Crippen LogP contribution in [0.15, 0.2) is 18.2 Å². The number of halogens is 8. The lowest BCUT2D eigenvalue weighted by Crippen LogP contribution is -2.52. The van der Waals surface area contributed by atoms with E-state index in [1.165, 1.54) is 18.2 Å². The van der Waals surface area contributed by atoms with Gasteiger partial charge in [-0.3, -0.25) is 9.69 Å². The average Bonchev–Trinajstić information content (AvgIpc) is 3.32. The zero-order valence-electron chi connectivity index (χ0n) is 22.3. The van der Waals surface area contributed by atoms with Gasteiger partial charge in [-0.05, 0) is 50.8 Å². The van der Waals surface area contributed by atoms with Crippen LogP contribution >= 0.6 is 0 Å². The quantitative estimate of drug-likeness (QED) is 0.280. The molecule has 6 nitrogen and oxygen atoms in total. The van der Waals surface area contributed by atoms with Gasteiger partial charge in [0.1, 0.15) is 5.60 Å². The predicted molar refractivity (Wildman–Crippen MR) is 127 cm³/mol. The molecule has 0 bridgehead atoms.